The molecule has 0 radical (unpaired) electrons. The molecule has 0 spiro atoms. The summed E-state index contributed by atoms with van der Waals surface area (Å²) in [7, 11) is 3.80. The minimum atomic E-state index is 0.766. The fourth-order valence-electron chi connectivity index (χ4n) is 1.48. The lowest BCUT2D eigenvalue weighted by molar-refractivity contribution is 0.479. The van der Waals surface area contributed by atoms with Crippen molar-refractivity contribution in [2.75, 3.05) is 20.6 Å². The van der Waals surface area contributed by atoms with Crippen LogP contribution in [-0.4, -0.2) is 31.5 Å². The lowest BCUT2D eigenvalue weighted by atomic mass is 10.2. The molecule has 4 heteroatoms. The molecule has 0 fully saturated rings. The van der Waals surface area contributed by atoms with E-state index in [0.717, 1.165) is 24.1 Å². The number of benzene rings is 1. The van der Waals surface area contributed by atoms with Crippen molar-refractivity contribution < 1.29 is 0 Å². The van der Waals surface area contributed by atoms with Crippen LogP contribution < -0.4 is 5.32 Å². The van der Waals surface area contributed by atoms with E-state index in [1.165, 1.54) is 5.56 Å². The molecule has 1 rings (SSSR count). The molecule has 0 saturated carbocycles. The maximum atomic E-state index is 5.84. The molecule has 1 N–H and O–H groups in total. The zero-order valence-corrected chi connectivity index (χ0v) is 10.8. The number of nitrogens with zero attached hydrogens (tertiary/aromatic N) is 2. The minimum absolute atomic E-state index is 0.766. The molecule has 88 valence electrons. The second-order valence-electron chi connectivity index (χ2n) is 3.56. The Morgan fingerprint density at radius 2 is 2.00 bits per heavy atom. The zero-order chi connectivity index (χ0) is 12.0. The molecule has 1 aromatic rings. The molecule has 1 aromatic carbocycles. The number of hydrogen-bond donors (Lipinski definition) is 1. The van der Waals surface area contributed by atoms with Crippen molar-refractivity contribution in [1.29, 1.82) is 0 Å². The maximum absolute atomic E-state index is 5.84. The molecular weight excluding hydrogens is 222 g/mol. The van der Waals surface area contributed by atoms with Crippen LogP contribution in [0.4, 0.5) is 0 Å². The molecule has 0 amide bonds. The largest absolute Gasteiger partial charge is 0.357 e. The van der Waals surface area contributed by atoms with Crippen molar-refractivity contribution in [2.24, 2.45) is 4.99 Å². The van der Waals surface area contributed by atoms with E-state index in [1.54, 1.807) is 7.05 Å². The zero-order valence-electron chi connectivity index (χ0n) is 10.00. The van der Waals surface area contributed by atoms with Gasteiger partial charge in [0.1, 0.15) is 0 Å². The number of aliphatic imine (C=N–C) groups is 1. The Hall–Kier alpha value is -1.22. The van der Waals surface area contributed by atoms with Crippen molar-refractivity contribution in [3.8, 4) is 0 Å². The Labute approximate surface area is 102 Å². The predicted octanol–water partition coefficient (Wildman–Crippen LogP) is 2.37. The van der Waals surface area contributed by atoms with Crippen molar-refractivity contribution in [3.63, 3.8) is 0 Å². The smallest absolute Gasteiger partial charge is 0.193 e. The number of hydrogen-bond acceptors (Lipinski definition) is 1. The molecule has 0 atom stereocenters. The highest BCUT2D eigenvalue weighted by Gasteiger charge is 2.04. The molecular formula is C12H18ClN3. The second-order valence-corrected chi connectivity index (χ2v) is 4.00. The van der Waals surface area contributed by atoms with E-state index in [2.05, 4.69) is 22.1 Å². The van der Waals surface area contributed by atoms with Gasteiger partial charge in [0.15, 0.2) is 5.96 Å². The monoisotopic (exact) mass is 239 g/mol. The first-order valence-corrected chi connectivity index (χ1v) is 5.71. The molecule has 0 aliphatic carbocycles. The van der Waals surface area contributed by atoms with E-state index in [1.807, 2.05) is 31.3 Å². The standard InChI is InChI=1S/C12H18ClN3/c1-4-15-12(14-2)16(3)9-10-5-7-11(13)8-6-10/h5-8H,4,9H2,1-3H3,(H,14,15). The average molecular weight is 240 g/mol. The van der Waals surface area contributed by atoms with E-state index >= 15 is 0 Å². The molecule has 0 heterocycles. The SMILES string of the molecule is CCNC(=NC)N(C)Cc1ccc(Cl)cc1. The van der Waals surface area contributed by atoms with Crippen LogP contribution in [0.2, 0.25) is 5.02 Å². The first-order valence-electron chi connectivity index (χ1n) is 5.33. The topological polar surface area (TPSA) is 27.6 Å². The van der Waals surface area contributed by atoms with Gasteiger partial charge in [-0.05, 0) is 24.6 Å². The Kier molecular flexibility index (Phi) is 5.12. The van der Waals surface area contributed by atoms with Crippen molar-refractivity contribution in [3.05, 3.63) is 34.9 Å². The van der Waals surface area contributed by atoms with E-state index in [4.69, 9.17) is 11.6 Å². The summed E-state index contributed by atoms with van der Waals surface area (Å²) in [6, 6.07) is 7.86. The van der Waals surface area contributed by atoms with Crippen LogP contribution in [0.1, 0.15) is 12.5 Å². The maximum Gasteiger partial charge on any atom is 0.193 e. The van der Waals surface area contributed by atoms with Crippen LogP contribution in [0.3, 0.4) is 0 Å². The first-order chi connectivity index (χ1) is 7.67. The molecule has 0 aliphatic rings. The van der Waals surface area contributed by atoms with E-state index < -0.39 is 0 Å². The third kappa shape index (κ3) is 3.74. The van der Waals surface area contributed by atoms with Gasteiger partial charge in [0.25, 0.3) is 0 Å². The summed E-state index contributed by atoms with van der Waals surface area (Å²) in [5, 5.41) is 3.98. The normalized spacial score (nSPS) is 11.4. The fourth-order valence-corrected chi connectivity index (χ4v) is 1.61. The van der Waals surface area contributed by atoms with Crippen LogP contribution >= 0.6 is 11.6 Å². The van der Waals surface area contributed by atoms with Crippen LogP contribution in [0.15, 0.2) is 29.3 Å². The highest BCUT2D eigenvalue weighted by atomic mass is 35.5. The van der Waals surface area contributed by atoms with Crippen LogP contribution in [0.25, 0.3) is 0 Å². The van der Waals surface area contributed by atoms with Crippen LogP contribution in [0, 0.1) is 0 Å². The van der Waals surface area contributed by atoms with Crippen molar-refractivity contribution >= 4 is 17.6 Å². The van der Waals surface area contributed by atoms with Crippen molar-refractivity contribution in [2.45, 2.75) is 13.5 Å². The Morgan fingerprint density at radius 1 is 1.38 bits per heavy atom. The third-order valence-electron chi connectivity index (χ3n) is 2.24. The lowest BCUT2D eigenvalue weighted by Gasteiger charge is -2.21. The fraction of sp³-hybridized carbons (Fsp3) is 0.417. The average Bonchev–Trinajstić information content (AvgIpc) is 2.29. The highest BCUT2D eigenvalue weighted by Crippen LogP contribution is 2.10. The number of halogens is 1. The van der Waals surface area contributed by atoms with Crippen LogP contribution in [-0.2, 0) is 6.54 Å². The first kappa shape index (κ1) is 12.8. The molecule has 0 saturated heterocycles. The molecule has 0 unspecified atom stereocenters. The highest BCUT2D eigenvalue weighted by molar-refractivity contribution is 6.30. The van der Waals surface area contributed by atoms with E-state index in [0.29, 0.717) is 0 Å². The van der Waals surface area contributed by atoms with Gasteiger partial charge in [0.05, 0.1) is 0 Å². The van der Waals surface area contributed by atoms with Crippen LogP contribution in [0.5, 0.6) is 0 Å². The molecule has 0 bridgehead atoms. The summed E-state index contributed by atoms with van der Waals surface area (Å²) in [4.78, 5) is 6.27. The minimum Gasteiger partial charge on any atom is -0.357 e. The number of rotatable bonds is 3. The van der Waals surface area contributed by atoms with E-state index in [-0.39, 0.29) is 0 Å². The van der Waals surface area contributed by atoms with Gasteiger partial charge < -0.3 is 10.2 Å². The molecule has 3 nitrogen and oxygen atoms in total. The van der Waals surface area contributed by atoms with E-state index in [9.17, 15) is 0 Å². The lowest BCUT2D eigenvalue weighted by Crippen LogP contribution is -2.38. The summed E-state index contributed by atoms with van der Waals surface area (Å²) in [5.74, 6) is 0.900. The van der Waals surface area contributed by atoms with Gasteiger partial charge in [-0.25, -0.2) is 0 Å². The van der Waals surface area contributed by atoms with Gasteiger partial charge in [0, 0.05) is 32.2 Å². The second kappa shape index (κ2) is 6.38. The van der Waals surface area contributed by atoms with Gasteiger partial charge in [0.2, 0.25) is 0 Å². The Balaban J connectivity index is 2.62. The Morgan fingerprint density at radius 3 is 2.50 bits per heavy atom. The summed E-state index contributed by atoms with van der Waals surface area (Å²) < 4.78 is 0. The number of guanidine groups is 1. The summed E-state index contributed by atoms with van der Waals surface area (Å²) in [6.45, 7) is 3.75. The molecule has 0 aliphatic heterocycles. The molecule has 16 heavy (non-hydrogen) atoms. The van der Waals surface area contributed by atoms with Gasteiger partial charge in [-0.1, -0.05) is 23.7 Å². The quantitative estimate of drug-likeness (QED) is 0.648. The summed E-state index contributed by atoms with van der Waals surface area (Å²) in [6.07, 6.45) is 0. The van der Waals surface area contributed by atoms with Gasteiger partial charge >= 0.3 is 0 Å². The number of nitrogens with one attached hydrogen (secondary N) is 1. The molecule has 0 aromatic heterocycles. The summed E-state index contributed by atoms with van der Waals surface area (Å²) >= 11 is 5.84. The van der Waals surface area contributed by atoms with Crippen molar-refractivity contribution in [1.82, 2.24) is 10.2 Å². The van der Waals surface area contributed by atoms with Gasteiger partial charge in [-0.15, -0.1) is 0 Å². The Bertz CT molecular complexity index is 346. The summed E-state index contributed by atoms with van der Waals surface area (Å²) in [5.41, 5.74) is 1.21. The predicted molar refractivity (Wildman–Crippen MR) is 70.0 cm³/mol. The third-order valence-corrected chi connectivity index (χ3v) is 2.49. The van der Waals surface area contributed by atoms with Gasteiger partial charge in [-0.2, -0.15) is 0 Å². The van der Waals surface area contributed by atoms with Gasteiger partial charge in [-0.3, -0.25) is 4.99 Å².